The van der Waals surface area contributed by atoms with E-state index in [2.05, 4.69) is 46.0 Å². The first-order valence-corrected chi connectivity index (χ1v) is 7.46. The van der Waals surface area contributed by atoms with Gasteiger partial charge in [-0.2, -0.15) is 0 Å². The summed E-state index contributed by atoms with van der Waals surface area (Å²) >= 11 is 3.44. The van der Waals surface area contributed by atoms with E-state index in [-0.39, 0.29) is 5.91 Å². The van der Waals surface area contributed by atoms with Crippen molar-refractivity contribution in [3.8, 4) is 11.1 Å². The van der Waals surface area contributed by atoms with Crippen LogP contribution in [0.5, 0.6) is 0 Å². The number of carbonyl (C=O) groups excluding carboxylic acids is 1. The Balaban J connectivity index is 1.97. The fourth-order valence-electron chi connectivity index (χ4n) is 2.62. The van der Waals surface area contributed by atoms with Crippen LogP contribution in [0, 0.1) is 6.92 Å². The molecule has 1 aromatic heterocycles. The Labute approximate surface area is 126 Å². The highest BCUT2D eigenvalue weighted by molar-refractivity contribution is 9.10. The molecule has 102 valence electrons. The van der Waals surface area contributed by atoms with Gasteiger partial charge in [-0.1, -0.05) is 6.07 Å². The molecule has 0 aliphatic carbocycles. The van der Waals surface area contributed by atoms with E-state index >= 15 is 0 Å². The first-order valence-electron chi connectivity index (χ1n) is 6.67. The van der Waals surface area contributed by atoms with Crippen LogP contribution in [0.3, 0.4) is 0 Å². The van der Waals surface area contributed by atoms with Gasteiger partial charge in [0.25, 0.3) is 0 Å². The van der Waals surface area contributed by atoms with E-state index in [0.29, 0.717) is 6.42 Å². The van der Waals surface area contributed by atoms with Gasteiger partial charge in [0.15, 0.2) is 0 Å². The third-order valence-electron chi connectivity index (χ3n) is 3.61. The lowest BCUT2D eigenvalue weighted by Crippen LogP contribution is -2.23. The van der Waals surface area contributed by atoms with E-state index in [4.69, 9.17) is 0 Å². The molecular weight excluding hydrogens is 316 g/mol. The van der Waals surface area contributed by atoms with E-state index < -0.39 is 0 Å². The number of rotatable bonds is 2. The molecule has 3 nitrogen and oxygen atoms in total. The molecule has 0 spiro atoms. The Morgan fingerprint density at radius 2 is 2.10 bits per heavy atom. The summed E-state index contributed by atoms with van der Waals surface area (Å²) in [5.74, 6) is 0.223. The average molecular weight is 331 g/mol. The number of aryl methyl sites for hydroxylation is 1. The number of carbonyl (C=O) groups is 1. The van der Waals surface area contributed by atoms with Crippen molar-refractivity contribution in [3.63, 3.8) is 0 Å². The summed E-state index contributed by atoms with van der Waals surface area (Å²) in [5.41, 5.74) is 4.38. The largest absolute Gasteiger partial charge is 0.312 e. The second-order valence-corrected chi connectivity index (χ2v) is 5.96. The molecule has 0 atom stereocenters. The van der Waals surface area contributed by atoms with E-state index in [1.54, 1.807) is 6.20 Å². The van der Waals surface area contributed by atoms with Crippen molar-refractivity contribution >= 4 is 27.5 Å². The molecule has 0 radical (unpaired) electrons. The minimum absolute atomic E-state index is 0.223. The van der Waals surface area contributed by atoms with Gasteiger partial charge in [0.1, 0.15) is 0 Å². The highest BCUT2D eigenvalue weighted by Gasteiger charge is 2.21. The molecule has 20 heavy (non-hydrogen) atoms. The number of hydrogen-bond acceptors (Lipinski definition) is 2. The molecule has 1 aliphatic rings. The molecule has 2 heterocycles. The minimum atomic E-state index is 0.223. The van der Waals surface area contributed by atoms with Crippen LogP contribution in [0.25, 0.3) is 11.1 Å². The second kappa shape index (κ2) is 5.37. The fourth-order valence-corrected chi connectivity index (χ4v) is 2.98. The van der Waals surface area contributed by atoms with E-state index in [0.717, 1.165) is 39.8 Å². The molecule has 0 saturated carbocycles. The quantitative estimate of drug-likeness (QED) is 0.835. The Bertz CT molecular complexity index is 669. The van der Waals surface area contributed by atoms with Gasteiger partial charge in [0.2, 0.25) is 5.91 Å². The lowest BCUT2D eigenvalue weighted by molar-refractivity contribution is -0.117. The van der Waals surface area contributed by atoms with E-state index in [9.17, 15) is 4.79 Å². The predicted molar refractivity (Wildman–Crippen MR) is 83.7 cm³/mol. The van der Waals surface area contributed by atoms with Crippen molar-refractivity contribution in [2.45, 2.75) is 19.8 Å². The summed E-state index contributed by atoms with van der Waals surface area (Å²) in [6.07, 6.45) is 5.25. The maximum Gasteiger partial charge on any atom is 0.227 e. The number of halogens is 1. The molecule has 1 aliphatic heterocycles. The zero-order valence-corrected chi connectivity index (χ0v) is 12.9. The molecule has 1 fully saturated rings. The monoisotopic (exact) mass is 330 g/mol. The predicted octanol–water partition coefficient (Wildman–Crippen LogP) is 3.95. The molecule has 3 rings (SSSR count). The summed E-state index contributed by atoms with van der Waals surface area (Å²) in [7, 11) is 0. The Hall–Kier alpha value is -1.68. The standard InChI is InChI=1S/C16H15BrN2O/c1-11-7-14(19-6-2-3-16(19)20)4-5-15(11)12-8-13(17)10-18-9-12/h4-5,7-10H,2-3,6H2,1H3. The topological polar surface area (TPSA) is 33.2 Å². The molecule has 0 bridgehead atoms. The third kappa shape index (κ3) is 2.48. The van der Waals surface area contributed by atoms with Crippen LogP contribution in [0.1, 0.15) is 18.4 Å². The summed E-state index contributed by atoms with van der Waals surface area (Å²) in [6, 6.07) is 8.22. The van der Waals surface area contributed by atoms with Gasteiger partial charge in [-0.25, -0.2) is 0 Å². The zero-order chi connectivity index (χ0) is 14.1. The van der Waals surface area contributed by atoms with Crippen molar-refractivity contribution in [2.75, 3.05) is 11.4 Å². The summed E-state index contributed by atoms with van der Waals surface area (Å²) in [4.78, 5) is 17.9. The number of amides is 1. The maximum atomic E-state index is 11.8. The molecule has 0 N–H and O–H groups in total. The number of pyridine rings is 1. The highest BCUT2D eigenvalue weighted by atomic mass is 79.9. The number of benzene rings is 1. The summed E-state index contributed by atoms with van der Waals surface area (Å²) < 4.78 is 0.966. The van der Waals surface area contributed by atoms with Crippen LogP contribution in [0.15, 0.2) is 41.1 Å². The van der Waals surface area contributed by atoms with Crippen LogP contribution in [-0.4, -0.2) is 17.4 Å². The Morgan fingerprint density at radius 1 is 1.25 bits per heavy atom. The molecule has 2 aromatic rings. The van der Waals surface area contributed by atoms with Crippen LogP contribution < -0.4 is 4.90 Å². The fraction of sp³-hybridized carbons (Fsp3) is 0.250. The van der Waals surface area contributed by atoms with Crippen molar-refractivity contribution < 1.29 is 4.79 Å². The van der Waals surface area contributed by atoms with Gasteiger partial charge in [-0.05, 0) is 58.6 Å². The van der Waals surface area contributed by atoms with Crippen molar-refractivity contribution in [1.82, 2.24) is 4.98 Å². The first kappa shape index (κ1) is 13.3. The average Bonchev–Trinajstić information content (AvgIpc) is 2.85. The summed E-state index contributed by atoms with van der Waals surface area (Å²) in [5, 5.41) is 0. The Morgan fingerprint density at radius 3 is 2.75 bits per heavy atom. The van der Waals surface area contributed by atoms with Crippen molar-refractivity contribution in [1.29, 1.82) is 0 Å². The Kier molecular flexibility index (Phi) is 3.57. The van der Waals surface area contributed by atoms with Crippen molar-refractivity contribution in [3.05, 3.63) is 46.7 Å². The highest BCUT2D eigenvalue weighted by Crippen LogP contribution is 2.30. The SMILES string of the molecule is Cc1cc(N2CCCC2=O)ccc1-c1cncc(Br)c1. The number of anilines is 1. The lowest BCUT2D eigenvalue weighted by Gasteiger charge is -2.17. The van der Waals surface area contributed by atoms with Gasteiger partial charge in [-0.15, -0.1) is 0 Å². The van der Waals surface area contributed by atoms with E-state index in [1.165, 1.54) is 0 Å². The van der Waals surface area contributed by atoms with Crippen LogP contribution in [-0.2, 0) is 4.79 Å². The third-order valence-corrected chi connectivity index (χ3v) is 4.04. The molecule has 1 aromatic carbocycles. The molecule has 4 heteroatoms. The smallest absolute Gasteiger partial charge is 0.227 e. The van der Waals surface area contributed by atoms with Crippen molar-refractivity contribution in [2.24, 2.45) is 0 Å². The van der Waals surface area contributed by atoms with Gasteiger partial charge in [0.05, 0.1) is 0 Å². The first-order chi connectivity index (χ1) is 9.65. The number of nitrogens with zero attached hydrogens (tertiary/aromatic N) is 2. The van der Waals surface area contributed by atoms with E-state index in [1.807, 2.05) is 17.2 Å². The number of hydrogen-bond donors (Lipinski definition) is 0. The normalized spacial score (nSPS) is 14.9. The molecule has 0 unspecified atom stereocenters. The van der Waals surface area contributed by atoms with Gasteiger partial charge in [0, 0.05) is 41.1 Å². The molecule has 1 saturated heterocycles. The second-order valence-electron chi connectivity index (χ2n) is 5.04. The van der Waals surface area contributed by atoms with Gasteiger partial charge < -0.3 is 4.90 Å². The number of aromatic nitrogens is 1. The van der Waals surface area contributed by atoms with Crippen LogP contribution in [0.2, 0.25) is 0 Å². The minimum Gasteiger partial charge on any atom is -0.312 e. The molecular formula is C16H15BrN2O. The maximum absolute atomic E-state index is 11.8. The lowest BCUT2D eigenvalue weighted by atomic mass is 10.0. The zero-order valence-electron chi connectivity index (χ0n) is 11.3. The van der Waals surface area contributed by atoms with Crippen LogP contribution >= 0.6 is 15.9 Å². The summed E-state index contributed by atoms with van der Waals surface area (Å²) in [6.45, 7) is 2.90. The van der Waals surface area contributed by atoms with Gasteiger partial charge >= 0.3 is 0 Å². The molecule has 1 amide bonds. The van der Waals surface area contributed by atoms with Gasteiger partial charge in [-0.3, -0.25) is 9.78 Å². The van der Waals surface area contributed by atoms with Crippen LogP contribution in [0.4, 0.5) is 5.69 Å².